The van der Waals surface area contributed by atoms with E-state index in [0.717, 1.165) is 12.8 Å². The molecule has 2 aliphatic rings. The molecule has 1 aliphatic carbocycles. The first-order valence-corrected chi connectivity index (χ1v) is 5.24. The van der Waals surface area contributed by atoms with E-state index in [-0.39, 0.29) is 11.7 Å². The highest BCUT2D eigenvalue weighted by Gasteiger charge is 2.57. The number of hydrogen-bond acceptors (Lipinski definition) is 1. The van der Waals surface area contributed by atoms with Crippen LogP contribution in [0.1, 0.15) is 18.4 Å². The summed E-state index contributed by atoms with van der Waals surface area (Å²) in [7, 11) is 0. The van der Waals surface area contributed by atoms with Crippen molar-refractivity contribution in [2.75, 3.05) is 5.32 Å². The topological polar surface area (TPSA) is 29.1 Å². The predicted octanol–water partition coefficient (Wildman–Crippen LogP) is 2.57. The van der Waals surface area contributed by atoms with E-state index in [2.05, 4.69) is 21.2 Å². The molecule has 1 heterocycles. The van der Waals surface area contributed by atoms with Gasteiger partial charge in [-0.1, -0.05) is 15.9 Å². The number of halogens is 2. The highest BCUT2D eigenvalue weighted by Crippen LogP contribution is 2.56. The van der Waals surface area contributed by atoms with Crippen molar-refractivity contribution in [2.24, 2.45) is 0 Å². The van der Waals surface area contributed by atoms with E-state index in [1.807, 2.05) is 0 Å². The van der Waals surface area contributed by atoms with E-state index < -0.39 is 5.41 Å². The molecule has 3 rings (SSSR count). The monoisotopic (exact) mass is 255 g/mol. The van der Waals surface area contributed by atoms with Crippen LogP contribution in [0.2, 0.25) is 0 Å². The van der Waals surface area contributed by atoms with Gasteiger partial charge in [-0.15, -0.1) is 0 Å². The number of anilines is 1. The summed E-state index contributed by atoms with van der Waals surface area (Å²) in [6, 6.07) is 3.17. The second kappa shape index (κ2) is 2.37. The molecule has 0 radical (unpaired) electrons. The van der Waals surface area contributed by atoms with Crippen molar-refractivity contribution in [3.05, 3.63) is 28.0 Å². The molecule has 1 spiro atoms. The summed E-state index contributed by atoms with van der Waals surface area (Å²) in [5.74, 6) is -0.338. The van der Waals surface area contributed by atoms with Gasteiger partial charge in [-0.2, -0.15) is 0 Å². The molecule has 0 unspecified atom stereocenters. The molecule has 0 atom stereocenters. The molecule has 72 valence electrons. The zero-order valence-electron chi connectivity index (χ0n) is 7.23. The average molecular weight is 256 g/mol. The smallest absolute Gasteiger partial charge is 0.235 e. The molecule has 1 N–H and O–H groups in total. The lowest BCUT2D eigenvalue weighted by atomic mass is 9.97. The lowest BCUT2D eigenvalue weighted by Gasteiger charge is -2.05. The van der Waals surface area contributed by atoms with Crippen LogP contribution >= 0.6 is 15.9 Å². The quantitative estimate of drug-likeness (QED) is 0.759. The van der Waals surface area contributed by atoms with Crippen molar-refractivity contribution in [1.29, 1.82) is 0 Å². The number of carbonyl (C=O) groups is 1. The van der Waals surface area contributed by atoms with Crippen LogP contribution in [0, 0.1) is 5.82 Å². The third-order valence-corrected chi connectivity index (χ3v) is 3.42. The Bertz CT molecular complexity index is 454. The first kappa shape index (κ1) is 8.41. The van der Waals surface area contributed by atoms with E-state index in [9.17, 15) is 9.18 Å². The molecule has 0 bridgehead atoms. The van der Waals surface area contributed by atoms with Crippen molar-refractivity contribution in [3.63, 3.8) is 0 Å². The minimum absolute atomic E-state index is 0.0514. The minimum atomic E-state index is -0.528. The molecule has 1 aromatic carbocycles. The molecule has 14 heavy (non-hydrogen) atoms. The number of hydrogen-bond donors (Lipinski definition) is 1. The van der Waals surface area contributed by atoms with Crippen LogP contribution in [0.5, 0.6) is 0 Å². The highest BCUT2D eigenvalue weighted by atomic mass is 79.9. The van der Waals surface area contributed by atoms with Gasteiger partial charge < -0.3 is 5.32 Å². The van der Waals surface area contributed by atoms with Crippen LogP contribution < -0.4 is 5.32 Å². The summed E-state index contributed by atoms with van der Waals surface area (Å²) in [6.07, 6.45) is 1.54. The van der Waals surface area contributed by atoms with E-state index >= 15 is 0 Å². The van der Waals surface area contributed by atoms with Crippen LogP contribution in [-0.4, -0.2) is 5.91 Å². The van der Waals surface area contributed by atoms with Gasteiger partial charge in [0, 0.05) is 15.7 Å². The lowest BCUT2D eigenvalue weighted by Crippen LogP contribution is -2.19. The molecular formula is C10H7BrFNO. The summed E-state index contributed by atoms with van der Waals surface area (Å²) in [5, 5.41) is 2.72. The first-order valence-electron chi connectivity index (χ1n) is 4.44. The average Bonchev–Trinajstić information content (AvgIpc) is 2.78. The zero-order chi connectivity index (χ0) is 9.92. The number of nitrogens with one attached hydrogen (secondary N) is 1. The van der Waals surface area contributed by atoms with Gasteiger partial charge in [0.1, 0.15) is 5.82 Å². The molecule has 2 nitrogen and oxygen atoms in total. The second-order valence-corrected chi connectivity index (χ2v) is 4.76. The summed E-state index contributed by atoms with van der Waals surface area (Å²) in [5.41, 5.74) is 0.658. The highest BCUT2D eigenvalue weighted by molar-refractivity contribution is 9.10. The van der Waals surface area contributed by atoms with Crippen LogP contribution in [0.3, 0.4) is 0 Å². The van der Waals surface area contributed by atoms with Crippen LogP contribution in [0.4, 0.5) is 10.1 Å². The van der Waals surface area contributed by atoms with Crippen molar-refractivity contribution >= 4 is 27.5 Å². The molecule has 1 amide bonds. The Morgan fingerprint density at radius 2 is 2.14 bits per heavy atom. The first-order chi connectivity index (χ1) is 6.63. The van der Waals surface area contributed by atoms with E-state index in [0.29, 0.717) is 15.7 Å². The fraction of sp³-hybridized carbons (Fsp3) is 0.300. The summed E-state index contributed by atoms with van der Waals surface area (Å²) < 4.78 is 14.3. The second-order valence-electron chi connectivity index (χ2n) is 3.85. The van der Waals surface area contributed by atoms with Gasteiger partial charge >= 0.3 is 0 Å². The third-order valence-electron chi connectivity index (χ3n) is 2.97. The number of carbonyl (C=O) groups excluding carboxylic acids is 1. The van der Waals surface area contributed by atoms with Gasteiger partial charge in [-0.25, -0.2) is 4.39 Å². The van der Waals surface area contributed by atoms with Crippen molar-refractivity contribution < 1.29 is 9.18 Å². The van der Waals surface area contributed by atoms with Crippen LogP contribution in [-0.2, 0) is 10.2 Å². The molecule has 0 aromatic heterocycles. The Morgan fingerprint density at radius 1 is 1.43 bits per heavy atom. The maximum Gasteiger partial charge on any atom is 0.235 e. The standard InChI is InChI=1S/C10H7BrFNO/c11-5-3-6(12)8-7(4-5)13-9(14)10(8)1-2-10/h3-4H,1-2H2,(H,13,14). The predicted molar refractivity (Wildman–Crippen MR) is 53.6 cm³/mol. The Labute approximate surface area is 88.6 Å². The van der Waals surface area contributed by atoms with Crippen molar-refractivity contribution in [3.8, 4) is 0 Å². The zero-order valence-corrected chi connectivity index (χ0v) is 8.82. The molecule has 1 fully saturated rings. The number of rotatable bonds is 0. The van der Waals surface area contributed by atoms with Gasteiger partial charge in [0.2, 0.25) is 5.91 Å². The fourth-order valence-electron chi connectivity index (χ4n) is 2.12. The number of benzene rings is 1. The van der Waals surface area contributed by atoms with Gasteiger partial charge in [0.15, 0.2) is 0 Å². The fourth-order valence-corrected chi connectivity index (χ4v) is 2.55. The minimum Gasteiger partial charge on any atom is -0.325 e. The van der Waals surface area contributed by atoms with E-state index in [4.69, 9.17) is 0 Å². The summed E-state index contributed by atoms with van der Waals surface area (Å²) >= 11 is 3.20. The maximum atomic E-state index is 13.6. The van der Waals surface area contributed by atoms with Crippen LogP contribution in [0.15, 0.2) is 16.6 Å². The molecule has 1 saturated carbocycles. The van der Waals surface area contributed by atoms with Gasteiger partial charge in [0.25, 0.3) is 0 Å². The molecule has 1 aliphatic heterocycles. The number of fused-ring (bicyclic) bond motifs is 2. The largest absolute Gasteiger partial charge is 0.325 e. The van der Waals surface area contributed by atoms with Gasteiger partial charge in [-0.3, -0.25) is 4.79 Å². The molecule has 4 heteroatoms. The normalized spacial score (nSPS) is 20.9. The molecule has 1 aromatic rings. The van der Waals surface area contributed by atoms with E-state index in [1.165, 1.54) is 6.07 Å². The SMILES string of the molecule is O=C1Nc2cc(Br)cc(F)c2C12CC2. The van der Waals surface area contributed by atoms with Crippen LogP contribution in [0.25, 0.3) is 0 Å². The Balaban J connectivity index is 2.28. The van der Waals surface area contributed by atoms with Gasteiger partial charge in [-0.05, 0) is 25.0 Å². The Hall–Kier alpha value is -0.900. The number of amides is 1. The maximum absolute atomic E-state index is 13.6. The summed E-state index contributed by atoms with van der Waals surface area (Å²) in [6.45, 7) is 0. The Kier molecular flexibility index (Phi) is 1.42. The molecule has 0 saturated heterocycles. The van der Waals surface area contributed by atoms with E-state index in [1.54, 1.807) is 6.07 Å². The lowest BCUT2D eigenvalue weighted by molar-refractivity contribution is -0.117. The van der Waals surface area contributed by atoms with Crippen molar-refractivity contribution in [1.82, 2.24) is 0 Å². The Morgan fingerprint density at radius 3 is 2.79 bits per heavy atom. The summed E-state index contributed by atoms with van der Waals surface area (Å²) in [4.78, 5) is 11.6. The molecular weight excluding hydrogens is 249 g/mol. The third kappa shape index (κ3) is 0.869. The van der Waals surface area contributed by atoms with Crippen molar-refractivity contribution in [2.45, 2.75) is 18.3 Å². The van der Waals surface area contributed by atoms with Gasteiger partial charge in [0.05, 0.1) is 5.41 Å².